The molecule has 1 N–H and O–H groups in total. The van der Waals surface area contributed by atoms with Crippen molar-refractivity contribution in [1.29, 1.82) is 0 Å². The van der Waals surface area contributed by atoms with E-state index in [0.717, 1.165) is 16.8 Å². The van der Waals surface area contributed by atoms with Gasteiger partial charge in [-0.2, -0.15) is 5.10 Å². The van der Waals surface area contributed by atoms with Crippen LogP contribution in [0.3, 0.4) is 0 Å². The second-order valence-electron chi connectivity index (χ2n) is 4.17. The van der Waals surface area contributed by atoms with Gasteiger partial charge in [0.2, 0.25) is 0 Å². The van der Waals surface area contributed by atoms with E-state index in [4.69, 9.17) is 0 Å². The van der Waals surface area contributed by atoms with Gasteiger partial charge < -0.3 is 5.11 Å². The molecule has 0 spiro atoms. The van der Waals surface area contributed by atoms with Gasteiger partial charge >= 0.3 is 0 Å². The topological polar surface area (TPSA) is 50.4 Å². The zero-order valence-electron chi connectivity index (χ0n) is 9.77. The van der Waals surface area contributed by atoms with Crippen molar-refractivity contribution < 1.29 is 5.11 Å². The van der Waals surface area contributed by atoms with Gasteiger partial charge in [0.15, 0.2) is 0 Å². The summed E-state index contributed by atoms with van der Waals surface area (Å²) >= 11 is 0. The molecular formula is C14H13N3O. The van der Waals surface area contributed by atoms with E-state index in [0.29, 0.717) is 6.42 Å². The molecule has 0 saturated heterocycles. The largest absolute Gasteiger partial charge is 0.388 e. The van der Waals surface area contributed by atoms with Crippen molar-refractivity contribution in [1.82, 2.24) is 14.6 Å². The van der Waals surface area contributed by atoms with E-state index in [9.17, 15) is 5.11 Å². The highest BCUT2D eigenvalue weighted by Gasteiger charge is 2.14. The van der Waals surface area contributed by atoms with Crippen LogP contribution in [-0.4, -0.2) is 19.7 Å². The molecule has 0 radical (unpaired) electrons. The summed E-state index contributed by atoms with van der Waals surface area (Å²) in [6.07, 6.45) is 5.23. The Morgan fingerprint density at radius 3 is 2.89 bits per heavy atom. The first-order valence-corrected chi connectivity index (χ1v) is 5.85. The summed E-state index contributed by atoms with van der Waals surface area (Å²) in [6, 6.07) is 11.5. The number of rotatable bonds is 3. The van der Waals surface area contributed by atoms with Gasteiger partial charge in [0, 0.05) is 30.1 Å². The molecule has 0 amide bonds. The molecule has 3 aromatic heterocycles. The first-order valence-electron chi connectivity index (χ1n) is 5.85. The van der Waals surface area contributed by atoms with Crippen LogP contribution in [-0.2, 0) is 6.42 Å². The average molecular weight is 239 g/mol. The third-order valence-corrected chi connectivity index (χ3v) is 2.94. The molecule has 4 heteroatoms. The van der Waals surface area contributed by atoms with Crippen LogP contribution in [0.2, 0.25) is 0 Å². The van der Waals surface area contributed by atoms with Crippen LogP contribution >= 0.6 is 0 Å². The highest BCUT2D eigenvalue weighted by molar-refractivity contribution is 5.54. The highest BCUT2D eigenvalue weighted by Crippen LogP contribution is 2.21. The van der Waals surface area contributed by atoms with Crippen LogP contribution in [0.4, 0.5) is 0 Å². The highest BCUT2D eigenvalue weighted by atomic mass is 16.3. The Morgan fingerprint density at radius 1 is 1.17 bits per heavy atom. The molecule has 18 heavy (non-hydrogen) atoms. The van der Waals surface area contributed by atoms with Crippen LogP contribution in [0.25, 0.3) is 5.52 Å². The maximum absolute atomic E-state index is 10.3. The Kier molecular flexibility index (Phi) is 2.78. The van der Waals surface area contributed by atoms with Crippen LogP contribution in [0.5, 0.6) is 0 Å². The van der Waals surface area contributed by atoms with Gasteiger partial charge in [-0.05, 0) is 24.3 Å². The Labute approximate surface area is 105 Å². The van der Waals surface area contributed by atoms with Crippen molar-refractivity contribution in [3.63, 3.8) is 0 Å². The second-order valence-corrected chi connectivity index (χ2v) is 4.17. The molecule has 1 atom stereocenters. The predicted octanol–water partition coefficient (Wildman–Crippen LogP) is 2.01. The van der Waals surface area contributed by atoms with Crippen LogP contribution in [0.15, 0.2) is 55.0 Å². The minimum atomic E-state index is -0.584. The first-order chi connectivity index (χ1) is 8.84. The van der Waals surface area contributed by atoms with Crippen molar-refractivity contribution >= 4 is 5.52 Å². The quantitative estimate of drug-likeness (QED) is 0.760. The van der Waals surface area contributed by atoms with Crippen molar-refractivity contribution in [2.45, 2.75) is 12.5 Å². The summed E-state index contributed by atoms with van der Waals surface area (Å²) in [5, 5.41) is 14.5. The molecule has 0 saturated carbocycles. The molecule has 3 rings (SSSR count). The Balaban J connectivity index is 1.90. The van der Waals surface area contributed by atoms with Gasteiger partial charge in [0.1, 0.15) is 0 Å². The monoisotopic (exact) mass is 239 g/mol. The lowest BCUT2D eigenvalue weighted by Crippen LogP contribution is -2.02. The lowest BCUT2D eigenvalue weighted by molar-refractivity contribution is 0.178. The maximum Gasteiger partial charge on any atom is 0.0882 e. The van der Waals surface area contributed by atoms with Gasteiger partial charge in [-0.15, -0.1) is 0 Å². The fourth-order valence-corrected chi connectivity index (χ4v) is 2.04. The molecule has 3 heterocycles. The van der Waals surface area contributed by atoms with E-state index in [2.05, 4.69) is 10.1 Å². The van der Waals surface area contributed by atoms with Gasteiger partial charge in [0.05, 0.1) is 17.8 Å². The number of nitrogens with zero attached hydrogens (tertiary/aromatic N) is 3. The molecule has 4 nitrogen and oxygen atoms in total. The molecule has 0 aliphatic rings. The Morgan fingerprint density at radius 2 is 2.06 bits per heavy atom. The average Bonchev–Trinajstić information content (AvgIpc) is 2.84. The number of aliphatic hydroxyl groups excluding tert-OH is 1. The summed E-state index contributed by atoms with van der Waals surface area (Å²) in [6.45, 7) is 0. The van der Waals surface area contributed by atoms with E-state index in [-0.39, 0.29) is 0 Å². The fourth-order valence-electron chi connectivity index (χ4n) is 2.04. The number of hydrogen-bond donors (Lipinski definition) is 1. The normalized spacial score (nSPS) is 12.7. The van der Waals surface area contributed by atoms with Crippen molar-refractivity contribution in [3.8, 4) is 0 Å². The summed E-state index contributed by atoms with van der Waals surface area (Å²) in [7, 11) is 0. The molecule has 1 unspecified atom stereocenters. The Hall–Kier alpha value is -2.20. The number of hydrogen-bond acceptors (Lipinski definition) is 3. The molecule has 0 aliphatic carbocycles. The number of fused-ring (bicyclic) bond motifs is 1. The minimum Gasteiger partial charge on any atom is -0.388 e. The molecule has 0 aromatic carbocycles. The molecular weight excluding hydrogens is 226 g/mol. The van der Waals surface area contributed by atoms with Crippen molar-refractivity contribution in [2.24, 2.45) is 0 Å². The second kappa shape index (κ2) is 4.58. The summed E-state index contributed by atoms with van der Waals surface area (Å²) in [5.41, 5.74) is 2.64. The third-order valence-electron chi connectivity index (χ3n) is 2.94. The molecule has 0 aliphatic heterocycles. The molecule has 0 fully saturated rings. The molecule has 0 bridgehead atoms. The minimum absolute atomic E-state index is 0.497. The lowest BCUT2D eigenvalue weighted by Gasteiger charge is -2.08. The van der Waals surface area contributed by atoms with Gasteiger partial charge in [-0.1, -0.05) is 12.1 Å². The Bertz CT molecular complexity index is 648. The molecule has 90 valence electrons. The van der Waals surface area contributed by atoms with Crippen LogP contribution in [0, 0.1) is 0 Å². The van der Waals surface area contributed by atoms with E-state index in [1.807, 2.05) is 42.6 Å². The third kappa shape index (κ3) is 1.98. The van der Waals surface area contributed by atoms with Gasteiger partial charge in [0.25, 0.3) is 0 Å². The van der Waals surface area contributed by atoms with Crippen molar-refractivity contribution in [3.05, 3.63) is 66.2 Å². The summed E-state index contributed by atoms with van der Waals surface area (Å²) < 4.78 is 1.76. The van der Waals surface area contributed by atoms with E-state index < -0.39 is 6.10 Å². The maximum atomic E-state index is 10.3. The van der Waals surface area contributed by atoms with Gasteiger partial charge in [-0.25, -0.2) is 4.52 Å². The van der Waals surface area contributed by atoms with Crippen LogP contribution in [0.1, 0.15) is 17.4 Å². The number of aromatic nitrogens is 3. The zero-order valence-corrected chi connectivity index (χ0v) is 9.77. The lowest BCUT2D eigenvalue weighted by atomic mass is 10.1. The van der Waals surface area contributed by atoms with Crippen molar-refractivity contribution in [2.75, 3.05) is 0 Å². The smallest absolute Gasteiger partial charge is 0.0882 e. The standard InChI is InChI=1S/C14H13N3O/c18-14(9-11-5-1-3-7-15-11)12-10-16-17-8-4-2-6-13(12)17/h1-8,10,14,18H,9H2. The number of aliphatic hydroxyl groups is 1. The van der Waals surface area contributed by atoms with Gasteiger partial charge in [-0.3, -0.25) is 4.98 Å². The zero-order chi connectivity index (χ0) is 12.4. The van der Waals surface area contributed by atoms with E-state index in [1.54, 1.807) is 16.9 Å². The van der Waals surface area contributed by atoms with E-state index >= 15 is 0 Å². The molecule has 3 aromatic rings. The number of pyridine rings is 2. The van der Waals surface area contributed by atoms with E-state index in [1.165, 1.54) is 0 Å². The summed E-state index contributed by atoms with van der Waals surface area (Å²) in [4.78, 5) is 4.22. The SMILES string of the molecule is OC(Cc1ccccn1)c1cnn2ccccc12. The van der Waals surface area contributed by atoms with Crippen LogP contribution < -0.4 is 0 Å². The predicted molar refractivity (Wildman–Crippen MR) is 68.1 cm³/mol. The first kappa shape index (κ1) is 10.9. The fraction of sp³-hybridized carbons (Fsp3) is 0.143. The summed E-state index contributed by atoms with van der Waals surface area (Å²) in [5.74, 6) is 0.